The molecule has 5 aliphatic rings. The number of aliphatic hydroxyl groups excluding tert-OH is 1. The van der Waals surface area contributed by atoms with Crippen molar-refractivity contribution in [3.05, 3.63) is 88.1 Å². The molecule has 4 aliphatic heterocycles. The van der Waals surface area contributed by atoms with E-state index in [0.717, 1.165) is 52.7 Å². The van der Waals surface area contributed by atoms with E-state index in [1.165, 1.54) is 38.0 Å². The molecule has 6 aromatic rings. The lowest BCUT2D eigenvalue weighted by Gasteiger charge is -2.38. The molecule has 4 fully saturated rings. The summed E-state index contributed by atoms with van der Waals surface area (Å²) in [6.45, 7) is 9.01. The Morgan fingerprint density at radius 1 is 0.836 bits per heavy atom. The number of H-pyrrole nitrogens is 2. The van der Waals surface area contributed by atoms with Crippen LogP contribution in [0.5, 0.6) is 5.75 Å². The second-order valence-electron chi connectivity index (χ2n) is 20.9. The van der Waals surface area contributed by atoms with E-state index >= 15 is 4.39 Å². The zero-order valence-electron chi connectivity index (χ0n) is 42.0. The van der Waals surface area contributed by atoms with Crippen molar-refractivity contribution < 1.29 is 42.8 Å². The van der Waals surface area contributed by atoms with E-state index in [-0.39, 0.29) is 42.0 Å². The van der Waals surface area contributed by atoms with Crippen molar-refractivity contribution in [1.29, 1.82) is 0 Å². The highest BCUT2D eigenvalue weighted by Gasteiger charge is 2.43. The summed E-state index contributed by atoms with van der Waals surface area (Å²) in [5.74, 6) is 1.49. The van der Waals surface area contributed by atoms with Crippen LogP contribution in [0.15, 0.2) is 60.9 Å². The van der Waals surface area contributed by atoms with Crippen LogP contribution in [0.2, 0.25) is 0 Å². The Kier molecular flexibility index (Phi) is 13.3. The standard InChI is InChI=1S/C54H64FN9O8S/c1-27(2)46(60-53(67)69-5)50(65)62-17-7-9-39(62)49-57-26-37(59-49)32-22-35(55)45-41-23-33-21-31(13-14-38(33)64(41)52(72-42(45)24-32)44-16-15-43(73-44)30-11-12-30)36-25-56-48(58-36)40-10-8-18-63(40)51(66)47(61-54(68)70-6)34-19-28(3)71-29(4)20-34/h13-16,21-30,34,39-40,46-47,50,52,65H,7-12,17-20H2,1-6H3,(H,56,58)(H,57,59)(H,60,67)(H,61,68)/t28-,29+,34?,39-,40-,46-,47?,50-,52?/m0/s1. The van der Waals surface area contributed by atoms with E-state index in [2.05, 4.69) is 43.4 Å². The molecule has 1 aliphatic carbocycles. The number of hydrogen-bond donors (Lipinski definition) is 5. The molecular weight excluding hydrogens is 954 g/mol. The molecule has 73 heavy (non-hydrogen) atoms. The summed E-state index contributed by atoms with van der Waals surface area (Å²) in [4.78, 5) is 61.9. The van der Waals surface area contributed by atoms with Crippen LogP contribution in [-0.2, 0) is 19.0 Å². The molecule has 5 N–H and O–H groups in total. The summed E-state index contributed by atoms with van der Waals surface area (Å²) in [5, 5.41) is 18.1. The van der Waals surface area contributed by atoms with Gasteiger partial charge in [-0.15, -0.1) is 11.3 Å². The first-order chi connectivity index (χ1) is 35.3. The minimum atomic E-state index is -0.988. The van der Waals surface area contributed by atoms with Crippen molar-refractivity contribution in [2.24, 2.45) is 11.8 Å². The van der Waals surface area contributed by atoms with Gasteiger partial charge in [0.25, 0.3) is 0 Å². The molecular formula is C54H64FN9O8S. The average molecular weight is 1020 g/mol. The molecule has 0 spiro atoms. The van der Waals surface area contributed by atoms with Gasteiger partial charge in [-0.1, -0.05) is 19.9 Å². The highest BCUT2D eigenvalue weighted by atomic mass is 32.1. The van der Waals surface area contributed by atoms with Crippen LogP contribution in [0.3, 0.4) is 0 Å². The maximum Gasteiger partial charge on any atom is 0.407 e. The van der Waals surface area contributed by atoms with Gasteiger partial charge < -0.3 is 49.6 Å². The van der Waals surface area contributed by atoms with Gasteiger partial charge in [0.1, 0.15) is 35.5 Å². The number of alkyl carbamates (subject to hydrolysis) is 2. The number of aliphatic hydroxyl groups is 1. The summed E-state index contributed by atoms with van der Waals surface area (Å²) in [6, 6.07) is 14.0. The molecule has 3 saturated heterocycles. The topological polar surface area (TPSA) is 201 Å². The Morgan fingerprint density at radius 3 is 2.22 bits per heavy atom. The Labute approximate surface area is 427 Å². The monoisotopic (exact) mass is 1020 g/mol. The van der Waals surface area contributed by atoms with E-state index in [1.807, 2.05) is 61.8 Å². The van der Waals surface area contributed by atoms with Crippen molar-refractivity contribution in [3.63, 3.8) is 0 Å². The first-order valence-corrected chi connectivity index (χ1v) is 26.5. The number of methoxy groups -OCH3 is 2. The number of fused-ring (bicyclic) bond motifs is 5. The minimum Gasteiger partial charge on any atom is -0.464 e. The van der Waals surface area contributed by atoms with Crippen LogP contribution < -0.4 is 15.4 Å². The van der Waals surface area contributed by atoms with Crippen LogP contribution in [0.4, 0.5) is 14.0 Å². The molecule has 9 atom stereocenters. The number of hydrogen-bond acceptors (Lipinski definition) is 12. The van der Waals surface area contributed by atoms with Crippen molar-refractivity contribution >= 4 is 40.3 Å². The fraction of sp³-hybridized carbons (Fsp3) is 0.500. The fourth-order valence-electron chi connectivity index (χ4n) is 11.9. The third kappa shape index (κ3) is 9.37. The number of imidazole rings is 2. The molecule has 1 saturated carbocycles. The lowest BCUT2D eigenvalue weighted by atomic mass is 9.85. The first-order valence-electron chi connectivity index (χ1n) is 25.7. The molecule has 3 amide bonds. The third-order valence-corrected chi connectivity index (χ3v) is 16.8. The first kappa shape index (κ1) is 49.0. The Bertz CT molecular complexity index is 3020. The maximum atomic E-state index is 17.0. The highest BCUT2D eigenvalue weighted by molar-refractivity contribution is 7.12. The van der Waals surface area contributed by atoms with Crippen LogP contribution in [0, 0.1) is 17.7 Å². The summed E-state index contributed by atoms with van der Waals surface area (Å²) in [7, 11) is 2.61. The van der Waals surface area contributed by atoms with Crippen LogP contribution >= 0.6 is 11.3 Å². The number of rotatable bonds is 13. The molecule has 4 aromatic heterocycles. The van der Waals surface area contributed by atoms with Gasteiger partial charge in [0.15, 0.2) is 0 Å². The number of halogens is 1. The quantitative estimate of drug-likeness (QED) is 0.0738. The van der Waals surface area contributed by atoms with Gasteiger partial charge in [0, 0.05) is 34.5 Å². The van der Waals surface area contributed by atoms with Gasteiger partial charge in [-0.05, 0) is 125 Å². The van der Waals surface area contributed by atoms with Gasteiger partial charge in [0.2, 0.25) is 12.1 Å². The number of nitrogens with zero attached hydrogens (tertiary/aromatic N) is 5. The van der Waals surface area contributed by atoms with Gasteiger partial charge in [-0.25, -0.2) is 23.9 Å². The smallest absolute Gasteiger partial charge is 0.407 e. The van der Waals surface area contributed by atoms with E-state index in [1.54, 1.807) is 23.7 Å². The Hall–Kier alpha value is -6.28. The van der Waals surface area contributed by atoms with Crippen molar-refractivity contribution in [1.82, 2.24) is 44.9 Å². The molecule has 19 heteroatoms. The number of ether oxygens (including phenoxy) is 4. The molecule has 11 rings (SSSR count). The van der Waals surface area contributed by atoms with Crippen molar-refractivity contribution in [2.75, 3.05) is 27.3 Å². The summed E-state index contributed by atoms with van der Waals surface area (Å²) in [5.41, 5.74) is 4.78. The largest absolute Gasteiger partial charge is 0.464 e. The Morgan fingerprint density at radius 2 is 1.51 bits per heavy atom. The number of benzene rings is 2. The van der Waals surface area contributed by atoms with Gasteiger partial charge in [-0.3, -0.25) is 14.3 Å². The van der Waals surface area contributed by atoms with Crippen molar-refractivity contribution in [2.45, 2.75) is 134 Å². The summed E-state index contributed by atoms with van der Waals surface area (Å²) < 4.78 is 41.8. The van der Waals surface area contributed by atoms with E-state index < -0.39 is 42.5 Å². The SMILES string of the molecule is COC(=O)NC(C(=O)N1CCC[C@H]1c1ncc(-c2ccc3c(c2)cc2n3C(c3ccc(C4CC4)s3)Oc3cc(-c4cnc([C@@H]5CCCN5[C@@H](O)[C@@H](NC(=O)OC)C(C)C)[nH]4)cc(F)c3-2)[nH]1)C1C[C@@H](C)O[C@@H](C)C1. The van der Waals surface area contributed by atoms with Gasteiger partial charge >= 0.3 is 12.2 Å². The fourth-order valence-corrected chi connectivity index (χ4v) is 13.1. The molecule has 17 nitrogen and oxygen atoms in total. The van der Waals surface area contributed by atoms with E-state index in [4.69, 9.17) is 28.9 Å². The zero-order chi connectivity index (χ0) is 50.8. The summed E-state index contributed by atoms with van der Waals surface area (Å²) >= 11 is 1.74. The van der Waals surface area contributed by atoms with Crippen LogP contribution in [0.25, 0.3) is 44.7 Å². The number of carbonyl (C=O) groups is 3. The Balaban J connectivity index is 0.892. The molecule has 3 unspecified atom stereocenters. The molecule has 0 radical (unpaired) electrons. The number of likely N-dealkylation sites (tertiary alicyclic amines) is 2. The molecule has 386 valence electrons. The second kappa shape index (κ2) is 19.9. The second-order valence-corrected chi connectivity index (χ2v) is 22.0. The molecule has 8 heterocycles. The third-order valence-electron chi connectivity index (χ3n) is 15.5. The number of nitrogens with one attached hydrogen (secondary N) is 4. The molecule has 2 aromatic carbocycles. The maximum absolute atomic E-state index is 17.0. The minimum absolute atomic E-state index is 0.0473. The van der Waals surface area contributed by atoms with Crippen LogP contribution in [-0.4, -0.2) is 115 Å². The van der Waals surface area contributed by atoms with E-state index in [9.17, 15) is 19.5 Å². The average Bonchev–Trinajstić information content (AvgIpc) is 4.10. The number of aromatic nitrogens is 5. The summed E-state index contributed by atoms with van der Waals surface area (Å²) in [6.07, 6.45) is 7.29. The predicted molar refractivity (Wildman–Crippen MR) is 272 cm³/mol. The lowest BCUT2D eigenvalue weighted by Crippen LogP contribution is -2.54. The van der Waals surface area contributed by atoms with Crippen LogP contribution in [0.1, 0.15) is 125 Å². The van der Waals surface area contributed by atoms with Gasteiger partial charge in [-0.2, -0.15) is 0 Å². The zero-order valence-corrected chi connectivity index (χ0v) is 42.8. The predicted octanol–water partition coefficient (Wildman–Crippen LogP) is 9.53. The number of thiophene rings is 1. The number of amides is 3. The normalized spacial score (nSPS) is 24.2. The lowest BCUT2D eigenvalue weighted by molar-refractivity contribution is -0.138. The van der Waals surface area contributed by atoms with E-state index in [0.29, 0.717) is 71.8 Å². The number of carbonyl (C=O) groups excluding carboxylic acids is 3. The number of aromatic amines is 2. The highest BCUT2D eigenvalue weighted by Crippen LogP contribution is 2.50. The molecule has 0 bridgehead atoms. The van der Waals surface area contributed by atoms with Crippen molar-refractivity contribution in [3.8, 4) is 39.5 Å². The van der Waals surface area contributed by atoms with Gasteiger partial charge in [0.05, 0.1) is 90.0 Å².